The van der Waals surface area contributed by atoms with E-state index in [1.807, 2.05) is 30.1 Å². The molecular formula is C14H16ClN3. The Morgan fingerprint density at radius 1 is 1.33 bits per heavy atom. The van der Waals surface area contributed by atoms with Gasteiger partial charge in [-0.15, -0.1) is 0 Å². The molecule has 4 heteroatoms. The lowest BCUT2D eigenvalue weighted by molar-refractivity contribution is 0.272. The van der Waals surface area contributed by atoms with Crippen LogP contribution in [-0.4, -0.2) is 22.9 Å². The first-order chi connectivity index (χ1) is 8.70. The SMILES string of the molecule is Cn1ccc(CC2(c3ccccc3Cl)CNC2)n1. The average molecular weight is 262 g/mol. The summed E-state index contributed by atoms with van der Waals surface area (Å²) in [5, 5.41) is 8.70. The van der Waals surface area contributed by atoms with E-state index in [1.165, 1.54) is 5.56 Å². The van der Waals surface area contributed by atoms with E-state index in [9.17, 15) is 0 Å². The lowest BCUT2D eigenvalue weighted by atomic mass is 9.72. The maximum Gasteiger partial charge on any atom is 0.0634 e. The molecule has 3 nitrogen and oxygen atoms in total. The van der Waals surface area contributed by atoms with Gasteiger partial charge in [0, 0.05) is 43.2 Å². The smallest absolute Gasteiger partial charge is 0.0634 e. The summed E-state index contributed by atoms with van der Waals surface area (Å²) in [6.07, 6.45) is 2.92. The molecule has 3 rings (SSSR count). The third kappa shape index (κ3) is 1.93. The monoisotopic (exact) mass is 261 g/mol. The predicted molar refractivity (Wildman–Crippen MR) is 72.9 cm³/mol. The largest absolute Gasteiger partial charge is 0.315 e. The highest BCUT2D eigenvalue weighted by molar-refractivity contribution is 6.31. The van der Waals surface area contributed by atoms with Crippen molar-refractivity contribution in [3.63, 3.8) is 0 Å². The van der Waals surface area contributed by atoms with Gasteiger partial charge in [-0.3, -0.25) is 4.68 Å². The summed E-state index contributed by atoms with van der Waals surface area (Å²) in [5.41, 5.74) is 2.46. The van der Waals surface area contributed by atoms with E-state index in [-0.39, 0.29) is 5.41 Å². The van der Waals surface area contributed by atoms with Gasteiger partial charge in [0.05, 0.1) is 5.69 Å². The van der Waals surface area contributed by atoms with Crippen molar-refractivity contribution < 1.29 is 0 Å². The highest BCUT2D eigenvalue weighted by Gasteiger charge is 2.40. The molecule has 2 aromatic rings. The Bertz CT molecular complexity index is 558. The van der Waals surface area contributed by atoms with E-state index in [0.29, 0.717) is 0 Å². The molecule has 0 unspecified atom stereocenters. The van der Waals surface area contributed by atoms with Crippen molar-refractivity contribution in [3.05, 3.63) is 52.8 Å². The number of nitrogens with one attached hydrogen (secondary N) is 1. The van der Waals surface area contributed by atoms with Gasteiger partial charge in [-0.2, -0.15) is 5.10 Å². The van der Waals surface area contributed by atoms with E-state index >= 15 is 0 Å². The number of hydrogen-bond acceptors (Lipinski definition) is 2. The van der Waals surface area contributed by atoms with Crippen molar-refractivity contribution in [1.29, 1.82) is 0 Å². The van der Waals surface area contributed by atoms with Crippen LogP contribution in [0.15, 0.2) is 36.5 Å². The van der Waals surface area contributed by atoms with Crippen molar-refractivity contribution in [2.45, 2.75) is 11.8 Å². The minimum absolute atomic E-state index is 0.104. The Morgan fingerprint density at radius 2 is 2.11 bits per heavy atom. The van der Waals surface area contributed by atoms with Crippen LogP contribution in [0.5, 0.6) is 0 Å². The topological polar surface area (TPSA) is 29.9 Å². The van der Waals surface area contributed by atoms with Crippen molar-refractivity contribution in [2.75, 3.05) is 13.1 Å². The van der Waals surface area contributed by atoms with Crippen molar-refractivity contribution in [3.8, 4) is 0 Å². The number of aromatic nitrogens is 2. The van der Waals surface area contributed by atoms with Gasteiger partial charge in [0.1, 0.15) is 0 Å². The van der Waals surface area contributed by atoms with Gasteiger partial charge in [0.15, 0.2) is 0 Å². The molecular weight excluding hydrogens is 246 g/mol. The minimum Gasteiger partial charge on any atom is -0.315 e. The number of rotatable bonds is 3. The molecule has 0 atom stereocenters. The van der Waals surface area contributed by atoms with E-state index in [2.05, 4.69) is 28.6 Å². The second-order valence-corrected chi connectivity index (χ2v) is 5.43. The third-order valence-electron chi connectivity index (χ3n) is 3.66. The molecule has 0 bridgehead atoms. The number of hydrogen-bond donors (Lipinski definition) is 1. The Balaban J connectivity index is 1.93. The van der Waals surface area contributed by atoms with Crippen LogP contribution in [0.2, 0.25) is 5.02 Å². The second-order valence-electron chi connectivity index (χ2n) is 5.02. The van der Waals surface area contributed by atoms with Crippen molar-refractivity contribution in [2.24, 2.45) is 7.05 Å². The minimum atomic E-state index is 0.104. The molecule has 94 valence electrons. The molecule has 0 aliphatic carbocycles. The zero-order chi connectivity index (χ0) is 12.6. The van der Waals surface area contributed by atoms with Gasteiger partial charge >= 0.3 is 0 Å². The lowest BCUT2D eigenvalue weighted by Gasteiger charge is -2.43. The summed E-state index contributed by atoms with van der Waals surface area (Å²) in [7, 11) is 1.95. The van der Waals surface area contributed by atoms with Gasteiger partial charge in [-0.25, -0.2) is 0 Å². The number of halogens is 1. The first-order valence-corrected chi connectivity index (χ1v) is 6.52. The first kappa shape index (κ1) is 11.8. The van der Waals surface area contributed by atoms with Crippen LogP contribution in [0, 0.1) is 0 Å². The van der Waals surface area contributed by atoms with Gasteiger partial charge in [-0.1, -0.05) is 29.8 Å². The third-order valence-corrected chi connectivity index (χ3v) is 3.99. The maximum atomic E-state index is 6.34. The molecule has 18 heavy (non-hydrogen) atoms. The number of nitrogens with zero attached hydrogens (tertiary/aromatic N) is 2. The fraction of sp³-hybridized carbons (Fsp3) is 0.357. The molecule has 1 aliphatic rings. The quantitative estimate of drug-likeness (QED) is 0.918. The Morgan fingerprint density at radius 3 is 2.67 bits per heavy atom. The van der Waals surface area contributed by atoms with E-state index in [4.69, 9.17) is 11.6 Å². The highest BCUT2D eigenvalue weighted by atomic mass is 35.5. The summed E-state index contributed by atoms with van der Waals surface area (Å²) >= 11 is 6.34. The van der Waals surface area contributed by atoms with Crippen LogP contribution in [0.4, 0.5) is 0 Å². The van der Waals surface area contributed by atoms with E-state index in [1.54, 1.807) is 0 Å². The number of aryl methyl sites for hydroxylation is 1. The van der Waals surface area contributed by atoms with Crippen LogP contribution >= 0.6 is 11.6 Å². The van der Waals surface area contributed by atoms with Gasteiger partial charge in [-0.05, 0) is 17.7 Å². The van der Waals surface area contributed by atoms with Gasteiger partial charge in [0.2, 0.25) is 0 Å². The van der Waals surface area contributed by atoms with Crippen molar-refractivity contribution >= 4 is 11.6 Å². The molecule has 0 saturated carbocycles. The molecule has 1 saturated heterocycles. The van der Waals surface area contributed by atoms with Crippen LogP contribution in [0.1, 0.15) is 11.3 Å². The van der Waals surface area contributed by atoms with E-state index in [0.717, 1.165) is 30.2 Å². The first-order valence-electron chi connectivity index (χ1n) is 6.14. The van der Waals surface area contributed by atoms with Crippen LogP contribution in [0.3, 0.4) is 0 Å². The Kier molecular flexibility index (Phi) is 2.88. The Labute approximate surface area is 112 Å². The maximum absolute atomic E-state index is 6.34. The molecule has 1 aliphatic heterocycles. The van der Waals surface area contributed by atoms with Gasteiger partial charge < -0.3 is 5.32 Å². The van der Waals surface area contributed by atoms with E-state index < -0.39 is 0 Å². The van der Waals surface area contributed by atoms with Crippen molar-refractivity contribution in [1.82, 2.24) is 15.1 Å². The van der Waals surface area contributed by atoms with Crippen LogP contribution in [-0.2, 0) is 18.9 Å². The zero-order valence-corrected chi connectivity index (χ0v) is 11.1. The fourth-order valence-electron chi connectivity index (χ4n) is 2.63. The predicted octanol–water partition coefficient (Wildman–Crippen LogP) is 2.16. The standard InChI is InChI=1S/C14H16ClN3/c1-18-7-6-11(17-18)8-14(9-16-10-14)12-4-2-3-5-13(12)15/h2-7,16H,8-10H2,1H3. The average Bonchev–Trinajstić information content (AvgIpc) is 2.71. The summed E-state index contributed by atoms with van der Waals surface area (Å²) in [5.74, 6) is 0. The molecule has 1 fully saturated rings. The molecule has 1 N–H and O–H groups in total. The summed E-state index contributed by atoms with van der Waals surface area (Å²) in [6, 6.07) is 10.2. The lowest BCUT2D eigenvalue weighted by Crippen LogP contribution is -2.58. The van der Waals surface area contributed by atoms with Crippen LogP contribution in [0.25, 0.3) is 0 Å². The summed E-state index contributed by atoms with van der Waals surface area (Å²) in [6.45, 7) is 1.93. The highest BCUT2D eigenvalue weighted by Crippen LogP contribution is 2.36. The fourth-order valence-corrected chi connectivity index (χ4v) is 2.97. The normalized spacial score (nSPS) is 17.4. The summed E-state index contributed by atoms with van der Waals surface area (Å²) < 4.78 is 1.85. The summed E-state index contributed by atoms with van der Waals surface area (Å²) in [4.78, 5) is 0. The van der Waals surface area contributed by atoms with Crippen LogP contribution < -0.4 is 5.32 Å². The van der Waals surface area contributed by atoms with Gasteiger partial charge in [0.25, 0.3) is 0 Å². The second kappa shape index (κ2) is 4.41. The molecule has 2 heterocycles. The molecule has 1 aromatic carbocycles. The zero-order valence-electron chi connectivity index (χ0n) is 10.4. The Hall–Kier alpha value is -1.32. The molecule has 0 amide bonds. The molecule has 0 spiro atoms. The molecule has 0 radical (unpaired) electrons. The molecule has 1 aromatic heterocycles. The number of benzene rings is 1.